The predicted molar refractivity (Wildman–Crippen MR) is 65.0 cm³/mol. The van der Waals surface area contributed by atoms with E-state index in [2.05, 4.69) is 19.2 Å². The summed E-state index contributed by atoms with van der Waals surface area (Å²) in [7, 11) is 0. The maximum Gasteiger partial charge on any atom is 0.221 e. The van der Waals surface area contributed by atoms with Gasteiger partial charge in [-0.05, 0) is 23.6 Å². The van der Waals surface area contributed by atoms with E-state index in [9.17, 15) is 4.79 Å². The second-order valence-corrected chi connectivity index (χ2v) is 4.89. The quantitative estimate of drug-likeness (QED) is 0.742. The molecule has 1 aliphatic rings. The molecular formula is C13H18N2O. The number of carbonyl (C=O) groups excluding carboxylic acids is 1. The summed E-state index contributed by atoms with van der Waals surface area (Å²) in [5.74, 6) is 0.570. The van der Waals surface area contributed by atoms with Gasteiger partial charge in [0.15, 0.2) is 0 Å². The van der Waals surface area contributed by atoms with E-state index in [1.54, 1.807) is 0 Å². The zero-order valence-corrected chi connectivity index (χ0v) is 9.79. The summed E-state index contributed by atoms with van der Waals surface area (Å²) in [5.41, 5.74) is 7.59. The number of anilines is 1. The van der Waals surface area contributed by atoms with Gasteiger partial charge in [0.1, 0.15) is 0 Å². The van der Waals surface area contributed by atoms with Crippen molar-refractivity contribution >= 4 is 11.6 Å². The Morgan fingerprint density at radius 3 is 2.38 bits per heavy atom. The van der Waals surface area contributed by atoms with Crippen molar-refractivity contribution < 1.29 is 4.79 Å². The van der Waals surface area contributed by atoms with Gasteiger partial charge in [-0.2, -0.15) is 0 Å². The minimum Gasteiger partial charge on any atom is -0.399 e. The Labute approximate surface area is 96.0 Å². The number of nitrogens with two attached hydrogens (primary N) is 1. The third-order valence-electron chi connectivity index (χ3n) is 3.67. The lowest BCUT2D eigenvalue weighted by atomic mass is 9.71. The third-order valence-corrected chi connectivity index (χ3v) is 3.67. The molecule has 0 aliphatic carbocycles. The molecule has 0 bridgehead atoms. The zero-order chi connectivity index (χ0) is 11.8. The topological polar surface area (TPSA) is 55.1 Å². The van der Waals surface area contributed by atoms with Gasteiger partial charge in [-0.15, -0.1) is 0 Å². The van der Waals surface area contributed by atoms with Gasteiger partial charge in [0, 0.05) is 24.1 Å². The van der Waals surface area contributed by atoms with Crippen molar-refractivity contribution in [1.82, 2.24) is 5.32 Å². The molecule has 1 aliphatic heterocycles. The summed E-state index contributed by atoms with van der Waals surface area (Å²) in [6.45, 7) is 5.06. The first-order chi connectivity index (χ1) is 7.54. The number of hydrogen-bond acceptors (Lipinski definition) is 2. The molecule has 1 atom stereocenters. The van der Waals surface area contributed by atoms with Crippen LogP contribution in [-0.4, -0.2) is 12.5 Å². The molecule has 86 valence electrons. The van der Waals surface area contributed by atoms with Crippen LogP contribution in [0.3, 0.4) is 0 Å². The van der Waals surface area contributed by atoms with Gasteiger partial charge < -0.3 is 11.1 Å². The minimum atomic E-state index is -0.0647. The zero-order valence-electron chi connectivity index (χ0n) is 9.79. The van der Waals surface area contributed by atoms with Crippen molar-refractivity contribution in [3.63, 3.8) is 0 Å². The van der Waals surface area contributed by atoms with Crippen molar-refractivity contribution in [3.8, 4) is 0 Å². The molecule has 0 aromatic heterocycles. The number of carbonyl (C=O) groups is 1. The van der Waals surface area contributed by atoms with E-state index in [-0.39, 0.29) is 11.3 Å². The van der Waals surface area contributed by atoms with Gasteiger partial charge in [-0.25, -0.2) is 0 Å². The molecule has 2 rings (SSSR count). The summed E-state index contributed by atoms with van der Waals surface area (Å²) in [6.07, 6.45) is 0.578. The number of amides is 1. The Kier molecular flexibility index (Phi) is 2.62. The summed E-state index contributed by atoms with van der Waals surface area (Å²) in [5, 5.41) is 2.93. The first kappa shape index (κ1) is 11.0. The molecule has 1 aromatic rings. The highest BCUT2D eigenvalue weighted by atomic mass is 16.1. The maximum absolute atomic E-state index is 11.5. The van der Waals surface area contributed by atoms with E-state index in [1.165, 1.54) is 5.56 Å². The number of nitrogen functional groups attached to an aromatic ring is 1. The Morgan fingerprint density at radius 1 is 1.31 bits per heavy atom. The van der Waals surface area contributed by atoms with Crippen LogP contribution in [-0.2, 0) is 10.2 Å². The molecule has 3 nitrogen and oxygen atoms in total. The van der Waals surface area contributed by atoms with Gasteiger partial charge in [-0.3, -0.25) is 4.79 Å². The minimum absolute atomic E-state index is 0.0647. The highest BCUT2D eigenvalue weighted by molar-refractivity contribution is 5.80. The van der Waals surface area contributed by atoms with Crippen molar-refractivity contribution in [1.29, 1.82) is 0 Å². The van der Waals surface area contributed by atoms with E-state index >= 15 is 0 Å². The predicted octanol–water partition coefficient (Wildman–Crippen LogP) is 1.68. The second-order valence-electron chi connectivity index (χ2n) is 4.89. The summed E-state index contributed by atoms with van der Waals surface area (Å²) < 4.78 is 0. The smallest absolute Gasteiger partial charge is 0.221 e. The highest BCUT2D eigenvalue weighted by Gasteiger charge is 2.42. The molecule has 0 unspecified atom stereocenters. The fourth-order valence-electron chi connectivity index (χ4n) is 2.43. The van der Waals surface area contributed by atoms with Crippen LogP contribution in [0.5, 0.6) is 0 Å². The number of benzene rings is 1. The van der Waals surface area contributed by atoms with Crippen LogP contribution in [0.15, 0.2) is 24.3 Å². The fraction of sp³-hybridized carbons (Fsp3) is 0.462. The normalized spacial score (nSPS) is 24.8. The van der Waals surface area contributed by atoms with Crippen molar-refractivity contribution in [2.45, 2.75) is 25.7 Å². The van der Waals surface area contributed by atoms with Gasteiger partial charge in [0.25, 0.3) is 0 Å². The Bertz CT molecular complexity index is 397. The standard InChI is InChI=1S/C13H18N2O/c1-9(2)13(7-12(16)15-8-13)10-3-5-11(14)6-4-10/h3-6,9H,7-8,14H2,1-2H3,(H,15,16)/t13-/m0/s1. The molecule has 1 saturated heterocycles. The molecule has 0 saturated carbocycles. The third kappa shape index (κ3) is 1.66. The summed E-state index contributed by atoms with van der Waals surface area (Å²) >= 11 is 0. The lowest BCUT2D eigenvalue weighted by Crippen LogP contribution is -2.34. The average molecular weight is 218 g/mol. The highest BCUT2D eigenvalue weighted by Crippen LogP contribution is 2.38. The van der Waals surface area contributed by atoms with Crippen LogP contribution in [0.4, 0.5) is 5.69 Å². The van der Waals surface area contributed by atoms with Crippen LogP contribution in [0.1, 0.15) is 25.8 Å². The monoisotopic (exact) mass is 218 g/mol. The molecule has 0 radical (unpaired) electrons. The molecule has 1 fully saturated rings. The van der Waals surface area contributed by atoms with Gasteiger partial charge >= 0.3 is 0 Å². The van der Waals surface area contributed by atoms with E-state index in [0.29, 0.717) is 12.3 Å². The number of nitrogens with one attached hydrogen (secondary N) is 1. The lowest BCUT2D eigenvalue weighted by molar-refractivity contribution is -0.119. The van der Waals surface area contributed by atoms with Crippen molar-refractivity contribution in [2.75, 3.05) is 12.3 Å². The largest absolute Gasteiger partial charge is 0.399 e. The van der Waals surface area contributed by atoms with E-state index in [1.807, 2.05) is 24.3 Å². The maximum atomic E-state index is 11.5. The van der Waals surface area contributed by atoms with Gasteiger partial charge in [0.2, 0.25) is 5.91 Å². The molecule has 0 spiro atoms. The van der Waals surface area contributed by atoms with E-state index in [4.69, 9.17) is 5.73 Å². The van der Waals surface area contributed by atoms with Crippen LogP contribution in [0, 0.1) is 5.92 Å². The van der Waals surface area contributed by atoms with Crippen LogP contribution in [0.25, 0.3) is 0 Å². The van der Waals surface area contributed by atoms with Crippen molar-refractivity contribution in [3.05, 3.63) is 29.8 Å². The van der Waals surface area contributed by atoms with Gasteiger partial charge in [-0.1, -0.05) is 26.0 Å². The van der Waals surface area contributed by atoms with Crippen LogP contribution < -0.4 is 11.1 Å². The lowest BCUT2D eigenvalue weighted by Gasteiger charge is -2.32. The average Bonchev–Trinajstić information content (AvgIpc) is 2.63. The molecule has 3 heteroatoms. The number of hydrogen-bond donors (Lipinski definition) is 2. The second kappa shape index (κ2) is 3.81. The van der Waals surface area contributed by atoms with E-state index in [0.717, 1.165) is 12.2 Å². The molecule has 1 aromatic carbocycles. The Morgan fingerprint density at radius 2 is 1.94 bits per heavy atom. The summed E-state index contributed by atoms with van der Waals surface area (Å²) in [6, 6.07) is 7.88. The first-order valence-electron chi connectivity index (χ1n) is 5.67. The number of rotatable bonds is 2. The SMILES string of the molecule is CC(C)[C@@]1(c2ccc(N)cc2)CNC(=O)C1. The molecular weight excluding hydrogens is 200 g/mol. The Hall–Kier alpha value is -1.51. The van der Waals surface area contributed by atoms with Crippen LogP contribution in [0.2, 0.25) is 0 Å². The Balaban J connectivity index is 2.40. The molecule has 16 heavy (non-hydrogen) atoms. The molecule has 1 amide bonds. The van der Waals surface area contributed by atoms with Gasteiger partial charge in [0.05, 0.1) is 0 Å². The van der Waals surface area contributed by atoms with E-state index < -0.39 is 0 Å². The molecule has 1 heterocycles. The fourth-order valence-corrected chi connectivity index (χ4v) is 2.43. The van der Waals surface area contributed by atoms with Crippen LogP contribution >= 0.6 is 0 Å². The first-order valence-corrected chi connectivity index (χ1v) is 5.67. The summed E-state index contributed by atoms with van der Waals surface area (Å²) in [4.78, 5) is 11.5. The molecule has 3 N–H and O–H groups in total. The van der Waals surface area contributed by atoms with Crippen molar-refractivity contribution in [2.24, 2.45) is 5.92 Å².